The number of cyclic esters (lactones) is 1. The number of likely N-dealkylation sites (N-methyl/N-ethyl adjacent to an activating group) is 1. The summed E-state index contributed by atoms with van der Waals surface area (Å²) in [7, 11) is 5.47. The summed E-state index contributed by atoms with van der Waals surface area (Å²) in [4.78, 5) is 18.1. The first kappa shape index (κ1) is 52.7. The minimum absolute atomic E-state index is 0.112. The number of nitrogens with one attached hydrogen (secondary N) is 2. The number of ether oxygens (including phenoxy) is 4. The predicted molar refractivity (Wildman–Crippen MR) is 241 cm³/mol. The molecule has 0 amide bonds. The van der Waals surface area contributed by atoms with E-state index >= 15 is 0 Å². The molecule has 3 aliphatic heterocycles. The minimum atomic E-state index is -1.82. The van der Waals surface area contributed by atoms with Crippen LogP contribution in [0.1, 0.15) is 107 Å². The molecule has 0 radical (unpaired) electrons. The van der Waals surface area contributed by atoms with Crippen LogP contribution in [0.5, 0.6) is 0 Å². The Balaban J connectivity index is 1.79. The van der Waals surface area contributed by atoms with E-state index in [-0.39, 0.29) is 42.7 Å². The van der Waals surface area contributed by atoms with Crippen molar-refractivity contribution in [3.8, 4) is 0 Å². The molecule has 3 saturated heterocycles. The van der Waals surface area contributed by atoms with Gasteiger partial charge in [-0.3, -0.25) is 9.69 Å². The standard InChI is InChI=1S/C46H82N4O11S/c1-26-21-46(56,23-38-39(51)37(49(11)12)19-27(2)59-38)36(20-35-22-44(9,57-13)41(53)32(7)60-35)29(4)28(3)30(5)42(54)61-33(8)45(10,55)40(52)31(6)50(25-26)17-16-47-43(62)48-24-34-15-14-18-58-34/h14-15,18,26-33,35-41,51-53,55-56H,16-17,19-25H2,1-13H3,(H2,47,48,62)/t26-,27+,28+,29+,30+,31+,32-,33?,35+,36-,37-,38-,39-,40+,41+,44?,45?,46?/m0/s1. The number of carbonyl (C=O) groups is 1. The van der Waals surface area contributed by atoms with Gasteiger partial charge in [-0.25, -0.2) is 0 Å². The van der Waals surface area contributed by atoms with Gasteiger partial charge in [0.05, 0.1) is 60.4 Å². The molecule has 3 aliphatic rings. The number of rotatable bonds is 11. The van der Waals surface area contributed by atoms with Crippen molar-refractivity contribution in [2.45, 2.75) is 186 Å². The van der Waals surface area contributed by atoms with Crippen LogP contribution in [0.15, 0.2) is 22.8 Å². The topological polar surface area (TPSA) is 199 Å². The molecule has 0 aromatic carbocycles. The molecule has 0 aliphatic carbocycles. The first-order valence-corrected chi connectivity index (χ1v) is 23.3. The number of aliphatic hydroxyl groups is 5. The fraction of sp³-hybridized carbons (Fsp3) is 0.870. The van der Waals surface area contributed by atoms with Crippen LogP contribution in [0.2, 0.25) is 0 Å². The average Bonchev–Trinajstić information content (AvgIpc) is 3.74. The Hall–Kier alpha value is -1.96. The molecule has 1 aromatic rings. The van der Waals surface area contributed by atoms with Crippen LogP contribution < -0.4 is 10.6 Å². The van der Waals surface area contributed by atoms with Crippen molar-refractivity contribution in [1.29, 1.82) is 0 Å². The fourth-order valence-electron chi connectivity index (χ4n) is 10.5. The molecule has 3 fully saturated rings. The average molecular weight is 899 g/mol. The molecule has 4 heterocycles. The number of hydrogen-bond donors (Lipinski definition) is 7. The van der Waals surface area contributed by atoms with Crippen LogP contribution >= 0.6 is 12.2 Å². The molecular formula is C46H82N4O11S. The summed E-state index contributed by atoms with van der Waals surface area (Å²) in [5.74, 6) is -1.80. The van der Waals surface area contributed by atoms with Crippen LogP contribution in [0.3, 0.4) is 0 Å². The molecule has 358 valence electrons. The van der Waals surface area contributed by atoms with Crippen LogP contribution in [-0.4, -0.2) is 165 Å². The van der Waals surface area contributed by atoms with Crippen molar-refractivity contribution < 1.29 is 53.7 Å². The maximum atomic E-state index is 14.1. The third-order valence-corrected chi connectivity index (χ3v) is 15.4. The summed E-state index contributed by atoms with van der Waals surface area (Å²) in [6.45, 7) is 20.2. The summed E-state index contributed by atoms with van der Waals surface area (Å²) in [6.07, 6.45) is -2.62. The highest BCUT2D eigenvalue weighted by atomic mass is 32.1. The fourth-order valence-corrected chi connectivity index (χ4v) is 10.7. The van der Waals surface area contributed by atoms with E-state index in [1.807, 2.05) is 65.7 Å². The third kappa shape index (κ3) is 12.7. The van der Waals surface area contributed by atoms with E-state index in [1.54, 1.807) is 27.2 Å². The lowest BCUT2D eigenvalue weighted by atomic mass is 9.63. The number of thiocarbonyl (C=S) groups is 1. The van der Waals surface area contributed by atoms with Crippen molar-refractivity contribution in [2.24, 2.45) is 29.6 Å². The van der Waals surface area contributed by atoms with Gasteiger partial charge in [0.1, 0.15) is 29.7 Å². The van der Waals surface area contributed by atoms with Gasteiger partial charge in [-0.1, -0.05) is 27.7 Å². The molecule has 0 bridgehead atoms. The highest BCUT2D eigenvalue weighted by Gasteiger charge is 2.53. The monoisotopic (exact) mass is 899 g/mol. The highest BCUT2D eigenvalue weighted by Crippen LogP contribution is 2.47. The Morgan fingerprint density at radius 3 is 2.27 bits per heavy atom. The number of methoxy groups -OCH3 is 1. The number of hydrogen-bond acceptors (Lipinski definition) is 14. The molecule has 62 heavy (non-hydrogen) atoms. The van der Waals surface area contributed by atoms with Gasteiger partial charge in [-0.2, -0.15) is 0 Å². The van der Waals surface area contributed by atoms with Gasteiger partial charge in [0.2, 0.25) is 0 Å². The zero-order valence-corrected chi connectivity index (χ0v) is 40.6. The smallest absolute Gasteiger partial charge is 0.309 e. The second kappa shape index (κ2) is 22.0. The Morgan fingerprint density at radius 1 is 0.984 bits per heavy atom. The molecule has 1 aromatic heterocycles. The number of furan rings is 1. The van der Waals surface area contributed by atoms with E-state index in [0.717, 1.165) is 5.76 Å². The van der Waals surface area contributed by atoms with E-state index < -0.39 is 83.4 Å². The van der Waals surface area contributed by atoms with Crippen molar-refractivity contribution in [1.82, 2.24) is 20.4 Å². The highest BCUT2D eigenvalue weighted by molar-refractivity contribution is 7.80. The lowest BCUT2D eigenvalue weighted by Crippen LogP contribution is -2.60. The number of carbonyl (C=O) groups excluding carboxylic acids is 1. The van der Waals surface area contributed by atoms with Gasteiger partial charge in [0, 0.05) is 51.7 Å². The van der Waals surface area contributed by atoms with Crippen molar-refractivity contribution in [2.75, 3.05) is 40.8 Å². The zero-order valence-electron chi connectivity index (χ0n) is 39.7. The van der Waals surface area contributed by atoms with Crippen molar-refractivity contribution >= 4 is 23.3 Å². The summed E-state index contributed by atoms with van der Waals surface area (Å²) >= 11 is 5.57. The van der Waals surface area contributed by atoms with E-state index in [9.17, 15) is 30.3 Å². The van der Waals surface area contributed by atoms with Gasteiger partial charge in [0.25, 0.3) is 0 Å². The summed E-state index contributed by atoms with van der Waals surface area (Å²) in [5.41, 5.74) is -4.19. The number of esters is 1. The molecular weight excluding hydrogens is 817 g/mol. The predicted octanol–water partition coefficient (Wildman–Crippen LogP) is 3.47. The van der Waals surface area contributed by atoms with Gasteiger partial charge in [0.15, 0.2) is 5.11 Å². The summed E-state index contributed by atoms with van der Waals surface area (Å²) in [6, 6.07) is 2.84. The summed E-state index contributed by atoms with van der Waals surface area (Å²) < 4.78 is 30.4. The van der Waals surface area contributed by atoms with Gasteiger partial charge in [-0.15, -0.1) is 0 Å². The second-order valence-electron chi connectivity index (χ2n) is 20.0. The normalized spacial score (nSPS) is 43.3. The van der Waals surface area contributed by atoms with E-state index in [1.165, 1.54) is 6.92 Å². The maximum Gasteiger partial charge on any atom is 0.309 e. The van der Waals surface area contributed by atoms with Crippen LogP contribution in [0.4, 0.5) is 0 Å². The molecule has 4 unspecified atom stereocenters. The third-order valence-electron chi connectivity index (χ3n) is 15.1. The van der Waals surface area contributed by atoms with Crippen LogP contribution in [-0.2, 0) is 30.3 Å². The Labute approximate surface area is 376 Å². The second-order valence-corrected chi connectivity index (χ2v) is 20.4. The Bertz CT molecular complexity index is 1560. The Kier molecular flexibility index (Phi) is 18.7. The largest absolute Gasteiger partial charge is 0.467 e. The first-order valence-electron chi connectivity index (χ1n) is 22.8. The van der Waals surface area contributed by atoms with Crippen molar-refractivity contribution in [3.05, 3.63) is 24.2 Å². The van der Waals surface area contributed by atoms with Gasteiger partial charge < -0.3 is 64.4 Å². The molecule has 7 N–H and O–H groups in total. The van der Waals surface area contributed by atoms with Gasteiger partial charge in [-0.05, 0) is 123 Å². The number of aliphatic hydroxyl groups excluding tert-OH is 3. The molecule has 0 spiro atoms. The van der Waals surface area contributed by atoms with Crippen molar-refractivity contribution in [3.63, 3.8) is 0 Å². The Morgan fingerprint density at radius 2 is 1.66 bits per heavy atom. The quantitative estimate of drug-likeness (QED) is 0.126. The van der Waals surface area contributed by atoms with Gasteiger partial charge >= 0.3 is 5.97 Å². The first-order chi connectivity index (χ1) is 28.8. The molecule has 0 saturated carbocycles. The van der Waals surface area contributed by atoms with E-state index in [0.29, 0.717) is 50.6 Å². The van der Waals surface area contributed by atoms with E-state index in [4.69, 9.17) is 35.6 Å². The van der Waals surface area contributed by atoms with Crippen LogP contribution in [0, 0.1) is 29.6 Å². The summed E-state index contributed by atoms with van der Waals surface area (Å²) in [5, 5.41) is 67.5. The molecule has 15 nitrogen and oxygen atoms in total. The molecule has 4 rings (SSSR count). The lowest BCUT2D eigenvalue weighted by Gasteiger charge is -2.51. The molecule has 16 heteroatoms. The maximum absolute atomic E-state index is 14.1. The lowest BCUT2D eigenvalue weighted by molar-refractivity contribution is -0.226. The van der Waals surface area contributed by atoms with E-state index in [2.05, 4.69) is 29.4 Å². The molecule has 18 atom stereocenters. The SMILES string of the molecule is COC1(C)C[C@@H](C[C@H]2[C@H](C)[C@@H](C)[C@@H](C)C(=O)OC(C)C(C)(O)[C@H](O)[C@@H](C)N(CCNC(=S)NCc3ccco3)C[C@@H](C)CC2(O)C[C@@H]2O[C@H](C)C[C@H](N(C)C)[C@@H]2O)O[C@@H](C)[C@H]1O. The zero-order chi connectivity index (χ0) is 46.5. The number of nitrogens with zero attached hydrogens (tertiary/aromatic N) is 2. The minimum Gasteiger partial charge on any atom is -0.467 e. The van der Waals surface area contributed by atoms with Crippen LogP contribution in [0.25, 0.3) is 0 Å².